The number of rotatable bonds is 8. The Bertz CT molecular complexity index is 599. The van der Waals surface area contributed by atoms with Crippen molar-refractivity contribution in [3.05, 3.63) is 44.8 Å². The molecule has 0 saturated carbocycles. The number of carbonyl (C=O) groups excluding carboxylic acids is 1. The van der Waals surface area contributed by atoms with E-state index in [-0.39, 0.29) is 6.54 Å². The van der Waals surface area contributed by atoms with Crippen molar-refractivity contribution in [3.63, 3.8) is 0 Å². The third kappa shape index (κ3) is 3.63. The topological polar surface area (TPSA) is 66.8 Å². The molecule has 0 saturated heterocycles. The quantitative estimate of drug-likeness (QED) is 0.739. The molecule has 0 aliphatic heterocycles. The molecule has 1 N–H and O–H groups in total. The second kappa shape index (κ2) is 7.72. The summed E-state index contributed by atoms with van der Waals surface area (Å²) in [6.07, 6.45) is 0. The summed E-state index contributed by atoms with van der Waals surface area (Å²) < 4.78 is 5.56. The predicted octanol–water partition coefficient (Wildman–Crippen LogP) is 3.02. The summed E-state index contributed by atoms with van der Waals surface area (Å²) in [5.41, 5.74) is -1.77. The number of carboxylic acid groups (broad SMARTS) is 1. The number of nitrogens with zero attached hydrogens (tertiary/aromatic N) is 1. The third-order valence-corrected chi connectivity index (χ3v) is 5.49. The molecule has 23 heavy (non-hydrogen) atoms. The molecule has 124 valence electrons. The summed E-state index contributed by atoms with van der Waals surface area (Å²) in [5.74, 6) is -1.73. The number of ether oxygens (including phenoxy) is 1. The van der Waals surface area contributed by atoms with Crippen LogP contribution in [0.15, 0.2) is 35.0 Å². The summed E-state index contributed by atoms with van der Waals surface area (Å²) in [7, 11) is 0. The van der Waals surface area contributed by atoms with Crippen molar-refractivity contribution in [3.8, 4) is 0 Å². The minimum absolute atomic E-state index is 0.0682. The van der Waals surface area contributed by atoms with Gasteiger partial charge < -0.3 is 9.84 Å². The number of hydrogen-bond donors (Lipinski definition) is 1. The highest BCUT2D eigenvalue weighted by Crippen LogP contribution is 2.39. The number of hydrogen-bond acceptors (Lipinski definition) is 6. The first-order chi connectivity index (χ1) is 11.0. The average Bonchev–Trinajstić information content (AvgIpc) is 3.23. The van der Waals surface area contributed by atoms with Gasteiger partial charge in [0.25, 0.3) is 5.60 Å². The van der Waals surface area contributed by atoms with Gasteiger partial charge in [-0.2, -0.15) is 0 Å². The molecule has 7 heteroatoms. The SMILES string of the molecule is CCN(CC)CC(=O)OC(C(=O)O)(c1cccs1)c1cccs1. The monoisotopic (exact) mass is 353 g/mol. The van der Waals surface area contributed by atoms with Gasteiger partial charge >= 0.3 is 11.9 Å². The molecule has 0 aromatic carbocycles. The molecule has 0 amide bonds. The maximum absolute atomic E-state index is 12.4. The van der Waals surface area contributed by atoms with E-state index in [1.807, 2.05) is 18.7 Å². The predicted molar refractivity (Wildman–Crippen MR) is 90.9 cm³/mol. The van der Waals surface area contributed by atoms with Crippen LogP contribution >= 0.6 is 22.7 Å². The Morgan fingerprint density at radius 1 is 1.13 bits per heavy atom. The van der Waals surface area contributed by atoms with E-state index >= 15 is 0 Å². The van der Waals surface area contributed by atoms with Crippen LogP contribution in [0, 0.1) is 0 Å². The molecule has 0 aliphatic carbocycles. The molecule has 5 nitrogen and oxygen atoms in total. The Morgan fingerprint density at radius 3 is 2.00 bits per heavy atom. The Balaban J connectivity index is 2.38. The van der Waals surface area contributed by atoms with Gasteiger partial charge in [-0.05, 0) is 36.0 Å². The van der Waals surface area contributed by atoms with E-state index in [0.29, 0.717) is 22.8 Å². The first-order valence-corrected chi connectivity index (χ1v) is 9.06. The van der Waals surface area contributed by atoms with Crippen LogP contribution in [0.25, 0.3) is 0 Å². The molecule has 2 rings (SSSR count). The molecule has 0 bridgehead atoms. The highest BCUT2D eigenvalue weighted by atomic mass is 32.1. The zero-order valence-electron chi connectivity index (χ0n) is 13.0. The summed E-state index contributed by atoms with van der Waals surface area (Å²) in [6, 6.07) is 6.87. The van der Waals surface area contributed by atoms with Crippen LogP contribution in [0.3, 0.4) is 0 Å². The van der Waals surface area contributed by atoms with Crippen LogP contribution in [0.4, 0.5) is 0 Å². The molecule has 0 fully saturated rings. The first kappa shape index (κ1) is 17.7. The van der Waals surface area contributed by atoms with Crippen LogP contribution in [0.2, 0.25) is 0 Å². The van der Waals surface area contributed by atoms with Crippen molar-refractivity contribution in [2.75, 3.05) is 19.6 Å². The second-order valence-corrected chi connectivity index (χ2v) is 6.77. The molecule has 0 aliphatic rings. The maximum atomic E-state index is 12.4. The van der Waals surface area contributed by atoms with Crippen LogP contribution < -0.4 is 0 Å². The van der Waals surface area contributed by atoms with Gasteiger partial charge in [0.15, 0.2) is 0 Å². The summed E-state index contributed by atoms with van der Waals surface area (Å²) in [6.45, 7) is 5.35. The van der Waals surface area contributed by atoms with Crippen LogP contribution in [0.5, 0.6) is 0 Å². The fourth-order valence-corrected chi connectivity index (χ4v) is 4.06. The molecule has 2 heterocycles. The van der Waals surface area contributed by atoms with E-state index in [4.69, 9.17) is 4.74 Å². The largest absolute Gasteiger partial charge is 0.478 e. The third-order valence-electron chi connectivity index (χ3n) is 3.55. The molecule has 2 aromatic rings. The van der Waals surface area contributed by atoms with Crippen molar-refractivity contribution < 1.29 is 19.4 Å². The van der Waals surface area contributed by atoms with E-state index in [1.165, 1.54) is 22.7 Å². The maximum Gasteiger partial charge on any atom is 0.359 e. The summed E-state index contributed by atoms with van der Waals surface area (Å²) in [4.78, 5) is 27.3. The van der Waals surface area contributed by atoms with E-state index in [1.54, 1.807) is 35.0 Å². The number of carboxylic acids is 1. The Hall–Kier alpha value is -1.70. The summed E-state index contributed by atoms with van der Waals surface area (Å²) in [5, 5.41) is 13.4. The smallest absolute Gasteiger partial charge is 0.359 e. The molecule has 0 radical (unpaired) electrons. The Labute approximate surface area is 143 Å². The van der Waals surface area contributed by atoms with Crippen molar-refractivity contribution in [2.45, 2.75) is 19.4 Å². The number of aliphatic carboxylic acids is 1. The molecule has 2 aromatic heterocycles. The van der Waals surface area contributed by atoms with Gasteiger partial charge in [-0.15, -0.1) is 22.7 Å². The van der Waals surface area contributed by atoms with E-state index in [0.717, 1.165) is 0 Å². The second-order valence-electron chi connectivity index (χ2n) is 4.88. The average molecular weight is 353 g/mol. The van der Waals surface area contributed by atoms with Crippen molar-refractivity contribution in [2.24, 2.45) is 0 Å². The normalized spacial score (nSPS) is 11.6. The van der Waals surface area contributed by atoms with Gasteiger partial charge in [0.1, 0.15) is 0 Å². The van der Waals surface area contributed by atoms with Gasteiger partial charge in [-0.25, -0.2) is 4.79 Å². The van der Waals surface area contributed by atoms with Gasteiger partial charge in [0.2, 0.25) is 0 Å². The first-order valence-electron chi connectivity index (χ1n) is 7.30. The lowest BCUT2D eigenvalue weighted by Gasteiger charge is -2.28. The van der Waals surface area contributed by atoms with Crippen molar-refractivity contribution in [1.82, 2.24) is 4.90 Å². The fraction of sp³-hybridized carbons (Fsp3) is 0.375. The lowest BCUT2D eigenvalue weighted by Crippen LogP contribution is -2.43. The standard InChI is InChI=1S/C16H19NO4S2/c1-3-17(4-2)11-14(18)21-16(15(19)20,12-7-5-9-22-12)13-8-6-10-23-13/h5-10H,3-4,11H2,1-2H3,(H,19,20). The fourth-order valence-electron chi connectivity index (χ4n) is 2.27. The van der Waals surface area contributed by atoms with E-state index < -0.39 is 17.5 Å². The Morgan fingerprint density at radius 2 is 1.65 bits per heavy atom. The molecular formula is C16H19NO4S2. The number of thiophene rings is 2. The highest BCUT2D eigenvalue weighted by Gasteiger charge is 2.48. The molecular weight excluding hydrogens is 334 g/mol. The lowest BCUT2D eigenvalue weighted by atomic mass is 9.99. The van der Waals surface area contributed by atoms with Gasteiger partial charge in [0, 0.05) is 0 Å². The minimum Gasteiger partial charge on any atom is -0.478 e. The Kier molecular flexibility index (Phi) is 5.92. The number of likely N-dealkylation sites (N-methyl/N-ethyl adjacent to an activating group) is 1. The minimum atomic E-state index is -1.77. The van der Waals surface area contributed by atoms with E-state index in [2.05, 4.69) is 0 Å². The van der Waals surface area contributed by atoms with Crippen LogP contribution in [0.1, 0.15) is 23.6 Å². The van der Waals surface area contributed by atoms with E-state index in [9.17, 15) is 14.7 Å². The van der Waals surface area contributed by atoms with Crippen LogP contribution in [-0.4, -0.2) is 41.6 Å². The molecule has 0 atom stereocenters. The molecule has 0 unspecified atom stereocenters. The molecule has 0 spiro atoms. The van der Waals surface area contributed by atoms with Gasteiger partial charge in [-0.3, -0.25) is 9.69 Å². The number of esters is 1. The lowest BCUT2D eigenvalue weighted by molar-refractivity contribution is -0.175. The highest BCUT2D eigenvalue weighted by molar-refractivity contribution is 7.12. The zero-order chi connectivity index (χ0) is 16.9. The van der Waals surface area contributed by atoms with Crippen molar-refractivity contribution >= 4 is 34.6 Å². The van der Waals surface area contributed by atoms with Gasteiger partial charge in [-0.1, -0.05) is 26.0 Å². The summed E-state index contributed by atoms with van der Waals surface area (Å²) >= 11 is 2.53. The van der Waals surface area contributed by atoms with Gasteiger partial charge in [0.05, 0.1) is 16.3 Å². The number of carbonyl (C=O) groups is 2. The van der Waals surface area contributed by atoms with Crippen molar-refractivity contribution in [1.29, 1.82) is 0 Å². The zero-order valence-corrected chi connectivity index (χ0v) is 14.7. The van der Waals surface area contributed by atoms with Crippen LogP contribution in [-0.2, 0) is 19.9 Å².